The Morgan fingerprint density at radius 2 is 1.78 bits per heavy atom. The highest BCUT2D eigenvalue weighted by Gasteiger charge is 2.25. The van der Waals surface area contributed by atoms with Crippen molar-refractivity contribution < 1.29 is 22.3 Å². The topological polar surface area (TPSA) is 128 Å². The Kier molecular flexibility index (Phi) is 7.71. The Morgan fingerprint density at radius 3 is 2.44 bits per heavy atom. The second kappa shape index (κ2) is 10.6. The van der Waals surface area contributed by atoms with Crippen molar-refractivity contribution >= 4 is 89.5 Å². The molecule has 1 aliphatic rings. The van der Waals surface area contributed by atoms with E-state index in [4.69, 9.17) is 27.4 Å². The number of nitrogens with zero attached hydrogens (tertiary/aromatic N) is 2. The van der Waals surface area contributed by atoms with Crippen LogP contribution in [-0.2, 0) is 14.9 Å². The van der Waals surface area contributed by atoms with Crippen molar-refractivity contribution in [3.63, 3.8) is 0 Å². The number of carbonyl (C=O) groups excluding carboxylic acids is 1. The van der Waals surface area contributed by atoms with Crippen LogP contribution in [-0.4, -0.2) is 24.4 Å². The molecule has 9 nitrogen and oxygen atoms in total. The number of nitro benzene ring substituents is 1. The quantitative estimate of drug-likeness (QED) is 0.146. The predicted molar refractivity (Wildman–Crippen MR) is 142 cm³/mol. The Labute approximate surface area is 227 Å². The Hall–Kier alpha value is -2.90. The molecule has 0 radical (unpaired) electrons. The maximum Gasteiger partial charge on any atom is 0.339 e. The molecule has 3 aromatic rings. The molecule has 1 N–H and O–H groups in total. The van der Waals surface area contributed by atoms with E-state index in [1.807, 2.05) is 0 Å². The third kappa shape index (κ3) is 6.08. The summed E-state index contributed by atoms with van der Waals surface area (Å²) in [6, 6.07) is 13.6. The highest BCUT2D eigenvalue weighted by Crippen LogP contribution is 2.34. The first-order valence-corrected chi connectivity index (χ1v) is 13.5. The molecule has 3 aromatic carbocycles. The second-order valence-corrected chi connectivity index (χ2v) is 11.4. The largest absolute Gasteiger partial charge is 0.378 e. The summed E-state index contributed by atoms with van der Waals surface area (Å²) < 4.78 is 31.5. The lowest BCUT2D eigenvalue weighted by atomic mass is 10.2. The van der Waals surface area contributed by atoms with Gasteiger partial charge in [-0.15, -0.1) is 0 Å². The third-order valence-electron chi connectivity index (χ3n) is 4.58. The Balaban J connectivity index is 1.62. The lowest BCUT2D eigenvalue weighted by Crippen LogP contribution is -2.19. The van der Waals surface area contributed by atoms with Crippen LogP contribution in [0.4, 0.5) is 11.4 Å². The summed E-state index contributed by atoms with van der Waals surface area (Å²) in [6.07, 6.45) is 1.46. The number of carbonyl (C=O) groups is 1. The molecule has 1 heterocycles. The minimum atomic E-state index is -4.32. The molecule has 184 valence electrons. The number of aliphatic imine (C=N–C) groups is 1. The number of rotatable bonds is 6. The number of amides is 1. The van der Waals surface area contributed by atoms with Crippen LogP contribution in [0.2, 0.25) is 10.0 Å². The number of hydrogen-bond acceptors (Lipinski definition) is 8. The van der Waals surface area contributed by atoms with E-state index in [1.54, 1.807) is 30.3 Å². The van der Waals surface area contributed by atoms with E-state index >= 15 is 0 Å². The number of non-ortho nitro benzene ring substituents is 1. The average Bonchev–Trinajstić information content (AvgIpc) is 3.16. The maximum atomic E-state index is 12.8. The zero-order valence-corrected chi connectivity index (χ0v) is 22.4. The fourth-order valence-corrected chi connectivity index (χ4v) is 5.36. The number of thioether (sulfide) groups is 1. The van der Waals surface area contributed by atoms with Gasteiger partial charge in [0.15, 0.2) is 5.17 Å². The first kappa shape index (κ1) is 26.2. The summed E-state index contributed by atoms with van der Waals surface area (Å²) in [6.45, 7) is 0. The fourth-order valence-electron chi connectivity index (χ4n) is 2.90. The van der Waals surface area contributed by atoms with Gasteiger partial charge in [0.1, 0.15) is 10.6 Å². The molecule has 14 heteroatoms. The van der Waals surface area contributed by atoms with Crippen molar-refractivity contribution in [3.05, 3.63) is 95.8 Å². The number of hydrogen-bond donors (Lipinski definition) is 1. The van der Waals surface area contributed by atoms with Gasteiger partial charge in [-0.25, -0.2) is 4.99 Å². The van der Waals surface area contributed by atoms with Crippen LogP contribution in [0.25, 0.3) is 6.08 Å². The SMILES string of the molecule is O=C1NC(=Nc2ccc(Cl)c(Cl)c2)S/C1=C/c1cc(Br)ccc1OS(=O)(=O)c1ccc([N+](=O)[O-])cc1. The van der Waals surface area contributed by atoms with Crippen molar-refractivity contribution in [1.82, 2.24) is 5.32 Å². The van der Waals surface area contributed by atoms with Gasteiger partial charge in [0, 0.05) is 22.2 Å². The summed E-state index contributed by atoms with van der Waals surface area (Å²) in [4.78, 5) is 27.0. The highest BCUT2D eigenvalue weighted by atomic mass is 79.9. The zero-order valence-electron chi connectivity index (χ0n) is 17.6. The molecule has 0 saturated carbocycles. The van der Waals surface area contributed by atoms with Gasteiger partial charge in [-0.2, -0.15) is 8.42 Å². The van der Waals surface area contributed by atoms with Crippen LogP contribution in [0.5, 0.6) is 5.75 Å². The van der Waals surface area contributed by atoms with E-state index in [0.717, 1.165) is 36.0 Å². The van der Waals surface area contributed by atoms with E-state index in [9.17, 15) is 23.3 Å². The molecule has 1 saturated heterocycles. The predicted octanol–water partition coefficient (Wildman–Crippen LogP) is 6.32. The van der Waals surface area contributed by atoms with Gasteiger partial charge in [-0.05, 0) is 66.4 Å². The molecule has 1 amide bonds. The van der Waals surface area contributed by atoms with Crippen LogP contribution in [0, 0.1) is 10.1 Å². The molecule has 1 fully saturated rings. The maximum absolute atomic E-state index is 12.8. The van der Waals surface area contributed by atoms with Crippen LogP contribution in [0.15, 0.2) is 79.9 Å². The number of amidine groups is 1. The van der Waals surface area contributed by atoms with Gasteiger partial charge < -0.3 is 9.50 Å². The molecular weight excluding hydrogens is 617 g/mol. The average molecular weight is 629 g/mol. The first-order valence-electron chi connectivity index (χ1n) is 9.75. The molecule has 0 unspecified atom stereocenters. The van der Waals surface area contributed by atoms with Crippen molar-refractivity contribution in [2.75, 3.05) is 0 Å². The van der Waals surface area contributed by atoms with Gasteiger partial charge in [0.2, 0.25) is 0 Å². The Morgan fingerprint density at radius 1 is 1.06 bits per heavy atom. The number of halogens is 3. The monoisotopic (exact) mass is 627 g/mol. The molecule has 0 spiro atoms. The summed E-state index contributed by atoms with van der Waals surface area (Å²) in [5.41, 5.74) is 0.517. The third-order valence-corrected chi connectivity index (χ3v) is 7.97. The van der Waals surface area contributed by atoms with E-state index in [0.29, 0.717) is 30.9 Å². The second-order valence-electron chi connectivity index (χ2n) is 7.05. The molecule has 1 aliphatic heterocycles. The standard InChI is InChI=1S/C22H12BrCl2N3O6S2/c23-13-1-8-19(34-36(32,33)16-5-3-15(4-6-16)28(30)31)12(9-13)10-20-21(29)27-22(35-20)26-14-2-7-17(24)18(25)11-14/h1-11H,(H,26,27,29)/b20-10+. The molecule has 0 aromatic heterocycles. The molecular formula is C22H12BrCl2N3O6S2. The lowest BCUT2D eigenvalue weighted by Gasteiger charge is -2.10. The number of benzene rings is 3. The van der Waals surface area contributed by atoms with Crippen LogP contribution in [0.3, 0.4) is 0 Å². The van der Waals surface area contributed by atoms with Crippen LogP contribution in [0.1, 0.15) is 5.56 Å². The van der Waals surface area contributed by atoms with Crippen LogP contribution < -0.4 is 9.50 Å². The minimum absolute atomic E-state index is 0.0488. The summed E-state index contributed by atoms with van der Waals surface area (Å²) in [5, 5.41) is 14.4. The van der Waals surface area contributed by atoms with Crippen molar-refractivity contribution in [2.45, 2.75) is 4.90 Å². The molecule has 0 aliphatic carbocycles. The molecule has 0 bridgehead atoms. The molecule has 0 atom stereocenters. The number of nitrogens with one attached hydrogen (secondary N) is 1. The highest BCUT2D eigenvalue weighted by molar-refractivity contribution is 9.10. The van der Waals surface area contributed by atoms with Crippen molar-refractivity contribution in [3.8, 4) is 5.75 Å². The zero-order chi connectivity index (χ0) is 26.0. The first-order chi connectivity index (χ1) is 17.0. The van der Waals surface area contributed by atoms with Gasteiger partial charge >= 0.3 is 10.1 Å². The smallest absolute Gasteiger partial charge is 0.339 e. The van der Waals surface area contributed by atoms with Gasteiger partial charge in [-0.3, -0.25) is 14.9 Å². The summed E-state index contributed by atoms with van der Waals surface area (Å²) in [7, 11) is -4.32. The van der Waals surface area contributed by atoms with E-state index in [2.05, 4.69) is 26.2 Å². The van der Waals surface area contributed by atoms with Crippen LogP contribution >= 0.6 is 50.9 Å². The van der Waals surface area contributed by atoms with Crippen molar-refractivity contribution in [1.29, 1.82) is 0 Å². The van der Waals surface area contributed by atoms with E-state index in [1.165, 1.54) is 12.1 Å². The minimum Gasteiger partial charge on any atom is -0.378 e. The summed E-state index contributed by atoms with van der Waals surface area (Å²) in [5.74, 6) is -0.490. The Bertz CT molecular complexity index is 1560. The molecule has 36 heavy (non-hydrogen) atoms. The fraction of sp³-hybridized carbons (Fsp3) is 0. The molecule has 4 rings (SSSR count). The van der Waals surface area contributed by atoms with E-state index in [-0.39, 0.29) is 21.2 Å². The summed E-state index contributed by atoms with van der Waals surface area (Å²) >= 11 is 16.3. The van der Waals surface area contributed by atoms with Crippen molar-refractivity contribution in [2.24, 2.45) is 4.99 Å². The van der Waals surface area contributed by atoms with Gasteiger partial charge in [0.05, 0.1) is 25.6 Å². The van der Waals surface area contributed by atoms with Gasteiger partial charge in [0.25, 0.3) is 11.6 Å². The lowest BCUT2D eigenvalue weighted by molar-refractivity contribution is -0.384. The normalized spacial score (nSPS) is 15.8. The number of nitro groups is 1. The van der Waals surface area contributed by atoms with E-state index < -0.39 is 20.9 Å². The van der Waals surface area contributed by atoms with Gasteiger partial charge in [-0.1, -0.05) is 39.1 Å².